The zero-order valence-corrected chi connectivity index (χ0v) is 14.5. The van der Waals surface area contributed by atoms with Crippen LogP contribution in [0.4, 0.5) is 0 Å². The van der Waals surface area contributed by atoms with Crippen LogP contribution >= 0.6 is 0 Å². The van der Waals surface area contributed by atoms with Crippen LogP contribution in [0.1, 0.15) is 25.3 Å². The molecule has 2 aliphatic rings. The Balaban J connectivity index is 1.75. The third-order valence-corrected chi connectivity index (χ3v) is 5.35. The fourth-order valence-electron chi connectivity index (χ4n) is 3.97. The molecule has 2 N–H and O–H groups in total. The molecule has 1 amide bonds. The van der Waals surface area contributed by atoms with E-state index >= 15 is 0 Å². The van der Waals surface area contributed by atoms with Crippen molar-refractivity contribution in [1.29, 1.82) is 5.26 Å². The van der Waals surface area contributed by atoms with E-state index in [9.17, 15) is 9.82 Å². The van der Waals surface area contributed by atoms with Crippen LogP contribution in [0.3, 0.4) is 0 Å². The van der Waals surface area contributed by atoms with Gasteiger partial charge in [0.2, 0.25) is 5.91 Å². The number of nitrogens with zero attached hydrogens (tertiary/aromatic N) is 3. The quantitative estimate of drug-likeness (QED) is 0.804. The highest BCUT2D eigenvalue weighted by Crippen LogP contribution is 2.43. The number of fused-ring (bicyclic) bond motifs is 3. The second kappa shape index (κ2) is 6.50. The Labute approximate surface area is 151 Å². The van der Waals surface area contributed by atoms with E-state index in [0.717, 1.165) is 28.6 Å². The van der Waals surface area contributed by atoms with Gasteiger partial charge in [0.15, 0.2) is 0 Å². The van der Waals surface area contributed by atoms with E-state index in [0.29, 0.717) is 24.8 Å². The maximum absolute atomic E-state index is 12.2. The van der Waals surface area contributed by atoms with Gasteiger partial charge in [-0.2, -0.15) is 5.26 Å². The van der Waals surface area contributed by atoms with E-state index in [1.165, 1.54) is 0 Å². The minimum atomic E-state index is -1.03. The van der Waals surface area contributed by atoms with Gasteiger partial charge in [-0.05, 0) is 30.0 Å². The van der Waals surface area contributed by atoms with Crippen molar-refractivity contribution in [3.05, 3.63) is 30.0 Å². The average Bonchev–Trinajstić information content (AvgIpc) is 3.10. The zero-order chi connectivity index (χ0) is 18.3. The summed E-state index contributed by atoms with van der Waals surface area (Å²) in [5.41, 5.74) is 2.66. The van der Waals surface area contributed by atoms with E-state index in [4.69, 9.17) is 9.92 Å². The zero-order valence-electron chi connectivity index (χ0n) is 14.5. The molecule has 2 aromatic rings. The summed E-state index contributed by atoms with van der Waals surface area (Å²) in [4.78, 5) is 21.4. The maximum Gasteiger partial charge on any atom is 0.552 e. The number of H-pyrrole nitrogens is 1. The van der Waals surface area contributed by atoms with Gasteiger partial charge in [-0.3, -0.25) is 4.79 Å². The largest absolute Gasteiger partial charge is 0.552 e. The predicted octanol–water partition coefficient (Wildman–Crippen LogP) is 1.76. The summed E-state index contributed by atoms with van der Waals surface area (Å²) < 4.78 is 5.56. The molecular formula is C18H19BN4O3. The first-order chi connectivity index (χ1) is 12.6. The molecule has 1 fully saturated rings. The topological polar surface area (TPSA) is 102 Å². The molecule has 0 saturated carbocycles. The highest BCUT2D eigenvalue weighted by molar-refractivity contribution is 6.52. The normalized spacial score (nSPS) is 22.4. The van der Waals surface area contributed by atoms with Crippen molar-refractivity contribution < 1.29 is 14.5 Å². The van der Waals surface area contributed by atoms with Crippen molar-refractivity contribution in [3.8, 4) is 11.8 Å². The Hall–Kier alpha value is -2.79. The maximum atomic E-state index is 12.2. The lowest BCUT2D eigenvalue weighted by atomic mass is 9.72. The Morgan fingerprint density at radius 1 is 1.62 bits per heavy atom. The molecule has 0 radical (unpaired) electrons. The molecule has 2 aliphatic heterocycles. The smallest absolute Gasteiger partial charge is 0.531 e. The highest BCUT2D eigenvalue weighted by Gasteiger charge is 2.36. The van der Waals surface area contributed by atoms with Crippen molar-refractivity contribution in [2.75, 3.05) is 13.1 Å². The van der Waals surface area contributed by atoms with Crippen molar-refractivity contribution in [1.82, 2.24) is 14.9 Å². The Bertz CT molecular complexity index is 932. The summed E-state index contributed by atoms with van der Waals surface area (Å²) in [6.07, 6.45) is 4.20. The number of aromatic nitrogens is 2. The van der Waals surface area contributed by atoms with Gasteiger partial charge in [0.1, 0.15) is 17.8 Å². The van der Waals surface area contributed by atoms with E-state index in [1.54, 1.807) is 17.1 Å². The van der Waals surface area contributed by atoms with Gasteiger partial charge in [-0.25, -0.2) is 4.98 Å². The van der Waals surface area contributed by atoms with Gasteiger partial charge in [0, 0.05) is 36.2 Å². The van der Waals surface area contributed by atoms with Crippen molar-refractivity contribution >= 4 is 29.6 Å². The first-order valence-corrected chi connectivity index (χ1v) is 8.76. The lowest BCUT2D eigenvalue weighted by Gasteiger charge is -2.39. The van der Waals surface area contributed by atoms with Crippen LogP contribution in [0.5, 0.6) is 5.75 Å². The first kappa shape index (κ1) is 16.7. The second-order valence-corrected chi connectivity index (χ2v) is 6.91. The average molecular weight is 350 g/mol. The number of rotatable bonds is 2. The summed E-state index contributed by atoms with van der Waals surface area (Å²) in [6, 6.07) is 3.88. The number of hydrogen-bond donors (Lipinski definition) is 2. The van der Waals surface area contributed by atoms with Crippen LogP contribution in [0.15, 0.2) is 24.4 Å². The molecule has 0 aromatic carbocycles. The van der Waals surface area contributed by atoms with Gasteiger partial charge in [0.05, 0.1) is 12.3 Å². The number of carbonyl (C=O) groups excluding carboxylic acids is 1. The van der Waals surface area contributed by atoms with Crippen LogP contribution in [0.25, 0.3) is 16.6 Å². The third-order valence-electron chi connectivity index (χ3n) is 5.35. The molecule has 26 heavy (non-hydrogen) atoms. The number of nitriles is 1. The first-order valence-electron chi connectivity index (χ1n) is 8.76. The summed E-state index contributed by atoms with van der Waals surface area (Å²) in [5, 5.41) is 19.9. The number of piperidine rings is 1. The van der Waals surface area contributed by atoms with Crippen LogP contribution in [0.2, 0.25) is 0 Å². The molecule has 132 valence electrons. The monoisotopic (exact) mass is 350 g/mol. The molecule has 4 rings (SSSR count). The number of amides is 1. The lowest BCUT2D eigenvalue weighted by molar-refractivity contribution is -0.132. The molecule has 0 spiro atoms. The Morgan fingerprint density at radius 3 is 3.27 bits per heavy atom. The fourth-order valence-corrected chi connectivity index (χ4v) is 3.97. The summed E-state index contributed by atoms with van der Waals surface area (Å²) in [5.74, 6) is 2.54. The van der Waals surface area contributed by atoms with Crippen molar-refractivity contribution in [2.24, 2.45) is 11.8 Å². The molecule has 0 unspecified atom stereocenters. The van der Waals surface area contributed by atoms with Gasteiger partial charge in [-0.15, -0.1) is 0 Å². The Kier molecular flexibility index (Phi) is 4.17. The van der Waals surface area contributed by atoms with E-state index in [2.05, 4.69) is 16.9 Å². The SMILES string of the molecule is C[C@H]1CCN(C(=O)CC#N)C[C@H]1C1=CB(O)Oc2cnc3[nH]ccc3c21. The molecule has 7 nitrogen and oxygen atoms in total. The number of hydrogen-bond acceptors (Lipinski definition) is 5. The van der Waals surface area contributed by atoms with Crippen molar-refractivity contribution in [2.45, 2.75) is 19.8 Å². The molecule has 4 heterocycles. The molecule has 8 heteroatoms. The lowest BCUT2D eigenvalue weighted by Crippen LogP contribution is -2.44. The predicted molar refractivity (Wildman–Crippen MR) is 96.8 cm³/mol. The van der Waals surface area contributed by atoms with Gasteiger partial charge in [0.25, 0.3) is 0 Å². The number of carbonyl (C=O) groups is 1. The minimum Gasteiger partial charge on any atom is -0.531 e. The van der Waals surface area contributed by atoms with Crippen LogP contribution in [-0.2, 0) is 4.79 Å². The number of likely N-dealkylation sites (tertiary alicyclic amines) is 1. The molecule has 0 aliphatic carbocycles. The second-order valence-electron chi connectivity index (χ2n) is 6.91. The number of nitrogens with one attached hydrogen (secondary N) is 1. The van der Waals surface area contributed by atoms with Crippen LogP contribution in [0, 0.1) is 23.2 Å². The van der Waals surface area contributed by atoms with E-state index in [1.807, 2.05) is 18.3 Å². The molecule has 2 aromatic heterocycles. The summed E-state index contributed by atoms with van der Waals surface area (Å²) in [7, 11) is -1.03. The van der Waals surface area contributed by atoms with E-state index in [-0.39, 0.29) is 18.2 Å². The third kappa shape index (κ3) is 2.74. The highest BCUT2D eigenvalue weighted by atomic mass is 16.5. The molecule has 0 bridgehead atoms. The molecule has 1 saturated heterocycles. The van der Waals surface area contributed by atoms with Crippen LogP contribution in [-0.4, -0.2) is 46.0 Å². The van der Waals surface area contributed by atoms with Crippen molar-refractivity contribution in [3.63, 3.8) is 0 Å². The number of aromatic amines is 1. The fraction of sp³-hybridized carbons (Fsp3) is 0.389. The van der Waals surface area contributed by atoms with Crippen LogP contribution < -0.4 is 4.65 Å². The standard InChI is InChI=1S/C18H19BN4O3/c1-11-4-7-23(16(24)2-5-20)10-14(11)13-8-19(25)26-15-9-22-18-12(17(13)15)3-6-21-18/h3,6,8-9,11,14,25H,2,4,7,10H2,1H3,(H,21,22)/t11-,14+/m0/s1. The minimum absolute atomic E-state index is 0.0594. The summed E-state index contributed by atoms with van der Waals surface area (Å²) in [6.45, 7) is 3.36. The van der Waals surface area contributed by atoms with E-state index < -0.39 is 7.12 Å². The summed E-state index contributed by atoms with van der Waals surface area (Å²) >= 11 is 0. The van der Waals surface area contributed by atoms with Gasteiger partial charge < -0.3 is 19.6 Å². The van der Waals surface area contributed by atoms with Gasteiger partial charge in [-0.1, -0.05) is 6.92 Å². The Morgan fingerprint density at radius 2 is 2.46 bits per heavy atom. The molecular weight excluding hydrogens is 331 g/mol. The number of pyridine rings is 1. The van der Waals surface area contributed by atoms with Gasteiger partial charge >= 0.3 is 7.12 Å². The molecule has 2 atom stereocenters.